The van der Waals surface area contributed by atoms with Gasteiger partial charge in [-0.25, -0.2) is 0 Å². The SMILES string of the molecule is O=C(O)C1CC(NC(=O)[C@@H]2C[C@H]2c2ccco2)C1. The van der Waals surface area contributed by atoms with Crippen molar-refractivity contribution >= 4 is 11.9 Å². The van der Waals surface area contributed by atoms with Gasteiger partial charge in [0.15, 0.2) is 0 Å². The highest BCUT2D eigenvalue weighted by molar-refractivity contribution is 5.83. The molecule has 0 aliphatic heterocycles. The van der Waals surface area contributed by atoms with Gasteiger partial charge in [-0.3, -0.25) is 9.59 Å². The van der Waals surface area contributed by atoms with E-state index in [9.17, 15) is 9.59 Å². The fourth-order valence-electron chi connectivity index (χ4n) is 2.55. The van der Waals surface area contributed by atoms with Gasteiger partial charge < -0.3 is 14.8 Å². The molecule has 2 aliphatic rings. The molecule has 96 valence electrons. The lowest BCUT2D eigenvalue weighted by Gasteiger charge is -2.32. The monoisotopic (exact) mass is 249 g/mol. The van der Waals surface area contributed by atoms with Crippen molar-refractivity contribution in [3.63, 3.8) is 0 Å². The molecule has 0 radical (unpaired) electrons. The number of hydrogen-bond donors (Lipinski definition) is 2. The molecule has 1 aromatic rings. The second-order valence-corrected chi connectivity index (χ2v) is 5.18. The summed E-state index contributed by atoms with van der Waals surface area (Å²) in [6, 6.07) is 3.75. The lowest BCUT2D eigenvalue weighted by atomic mass is 9.80. The fraction of sp³-hybridized carbons (Fsp3) is 0.538. The van der Waals surface area contributed by atoms with E-state index in [1.54, 1.807) is 6.26 Å². The molecule has 1 amide bonds. The summed E-state index contributed by atoms with van der Waals surface area (Å²) in [5, 5.41) is 11.7. The molecule has 18 heavy (non-hydrogen) atoms. The molecule has 1 aromatic heterocycles. The first-order valence-corrected chi connectivity index (χ1v) is 6.21. The van der Waals surface area contributed by atoms with E-state index in [1.807, 2.05) is 12.1 Å². The second-order valence-electron chi connectivity index (χ2n) is 5.18. The zero-order valence-electron chi connectivity index (χ0n) is 9.83. The van der Waals surface area contributed by atoms with E-state index in [4.69, 9.17) is 9.52 Å². The maximum atomic E-state index is 11.9. The van der Waals surface area contributed by atoms with Crippen molar-refractivity contribution in [3.05, 3.63) is 24.2 Å². The predicted molar refractivity (Wildman–Crippen MR) is 61.8 cm³/mol. The minimum absolute atomic E-state index is 0.0000260. The third-order valence-electron chi connectivity index (χ3n) is 3.87. The molecular formula is C13H15NO4. The van der Waals surface area contributed by atoms with E-state index in [1.165, 1.54) is 0 Å². The first-order valence-electron chi connectivity index (χ1n) is 6.21. The molecule has 2 aliphatic carbocycles. The van der Waals surface area contributed by atoms with Crippen molar-refractivity contribution in [3.8, 4) is 0 Å². The Morgan fingerprint density at radius 2 is 2.11 bits per heavy atom. The number of carbonyl (C=O) groups excluding carboxylic acids is 1. The van der Waals surface area contributed by atoms with Crippen LogP contribution in [-0.2, 0) is 9.59 Å². The van der Waals surface area contributed by atoms with E-state index in [2.05, 4.69) is 5.32 Å². The van der Waals surface area contributed by atoms with Crippen LogP contribution in [0.5, 0.6) is 0 Å². The molecule has 0 spiro atoms. The second kappa shape index (κ2) is 4.15. The Morgan fingerprint density at radius 3 is 2.72 bits per heavy atom. The van der Waals surface area contributed by atoms with Crippen LogP contribution in [0.15, 0.2) is 22.8 Å². The van der Waals surface area contributed by atoms with Gasteiger partial charge in [-0.05, 0) is 31.4 Å². The Labute approximate surface area is 104 Å². The first-order chi connectivity index (χ1) is 8.65. The zero-order valence-corrected chi connectivity index (χ0v) is 9.83. The highest BCUT2D eigenvalue weighted by atomic mass is 16.4. The Balaban J connectivity index is 1.46. The summed E-state index contributed by atoms with van der Waals surface area (Å²) in [7, 11) is 0. The lowest BCUT2D eigenvalue weighted by Crippen LogP contribution is -2.47. The molecule has 2 fully saturated rings. The maximum absolute atomic E-state index is 11.9. The van der Waals surface area contributed by atoms with Gasteiger partial charge in [-0.1, -0.05) is 0 Å². The summed E-state index contributed by atoms with van der Waals surface area (Å²) in [4.78, 5) is 22.5. The summed E-state index contributed by atoms with van der Waals surface area (Å²) >= 11 is 0. The molecule has 0 bridgehead atoms. The van der Waals surface area contributed by atoms with Crippen LogP contribution >= 0.6 is 0 Å². The molecular weight excluding hydrogens is 234 g/mol. The Hall–Kier alpha value is -1.78. The molecule has 2 saturated carbocycles. The molecule has 3 rings (SSSR count). The standard InChI is InChI=1S/C13H15NO4/c15-12(14-8-4-7(5-8)13(16)17)10-6-9(10)11-2-1-3-18-11/h1-3,7-10H,4-6H2,(H,14,15)(H,16,17)/t7?,8?,9-,10-/m1/s1. The van der Waals surface area contributed by atoms with Gasteiger partial charge in [0.05, 0.1) is 12.2 Å². The van der Waals surface area contributed by atoms with Crippen molar-refractivity contribution in [2.75, 3.05) is 0 Å². The van der Waals surface area contributed by atoms with Crippen LogP contribution in [0.2, 0.25) is 0 Å². The molecule has 0 unspecified atom stereocenters. The summed E-state index contributed by atoms with van der Waals surface area (Å²) in [5.74, 6) is 0.0588. The molecule has 2 N–H and O–H groups in total. The van der Waals surface area contributed by atoms with Crippen LogP contribution in [0, 0.1) is 11.8 Å². The number of hydrogen-bond acceptors (Lipinski definition) is 3. The number of amides is 1. The van der Waals surface area contributed by atoms with E-state index < -0.39 is 5.97 Å². The Kier molecular flexibility index (Phi) is 2.61. The minimum atomic E-state index is -0.764. The number of aliphatic carboxylic acids is 1. The van der Waals surface area contributed by atoms with E-state index in [-0.39, 0.29) is 29.7 Å². The average molecular weight is 249 g/mol. The van der Waals surface area contributed by atoms with Gasteiger partial charge in [0.25, 0.3) is 0 Å². The topological polar surface area (TPSA) is 79.5 Å². The Morgan fingerprint density at radius 1 is 1.33 bits per heavy atom. The van der Waals surface area contributed by atoms with Crippen LogP contribution in [-0.4, -0.2) is 23.0 Å². The Bertz CT molecular complexity index is 461. The smallest absolute Gasteiger partial charge is 0.306 e. The van der Waals surface area contributed by atoms with Crippen molar-refractivity contribution in [2.24, 2.45) is 11.8 Å². The quantitative estimate of drug-likeness (QED) is 0.844. The highest BCUT2D eigenvalue weighted by Crippen LogP contribution is 2.48. The lowest BCUT2D eigenvalue weighted by molar-refractivity contribution is -0.146. The minimum Gasteiger partial charge on any atom is -0.481 e. The number of furan rings is 1. The zero-order chi connectivity index (χ0) is 12.7. The normalized spacial score (nSPS) is 33.6. The van der Waals surface area contributed by atoms with Crippen molar-refractivity contribution in [2.45, 2.75) is 31.2 Å². The molecule has 5 nitrogen and oxygen atoms in total. The van der Waals surface area contributed by atoms with Crippen molar-refractivity contribution in [1.82, 2.24) is 5.32 Å². The van der Waals surface area contributed by atoms with Crippen LogP contribution in [0.25, 0.3) is 0 Å². The van der Waals surface area contributed by atoms with Gasteiger partial charge in [0.2, 0.25) is 5.91 Å². The predicted octanol–water partition coefficient (Wildman–Crippen LogP) is 1.36. The number of nitrogens with one attached hydrogen (secondary N) is 1. The fourth-order valence-corrected chi connectivity index (χ4v) is 2.55. The van der Waals surface area contributed by atoms with E-state index in [0.29, 0.717) is 12.8 Å². The van der Waals surface area contributed by atoms with Crippen LogP contribution in [0.4, 0.5) is 0 Å². The molecule has 0 saturated heterocycles. The van der Waals surface area contributed by atoms with Crippen molar-refractivity contribution in [1.29, 1.82) is 0 Å². The summed E-state index contributed by atoms with van der Waals surface area (Å²) in [6.45, 7) is 0. The number of carboxylic acids is 1. The largest absolute Gasteiger partial charge is 0.481 e. The van der Waals surface area contributed by atoms with Crippen LogP contribution in [0.1, 0.15) is 30.9 Å². The summed E-state index contributed by atoms with van der Waals surface area (Å²) in [5.41, 5.74) is 0. The number of rotatable bonds is 4. The van der Waals surface area contributed by atoms with E-state index in [0.717, 1.165) is 12.2 Å². The first kappa shape index (κ1) is 11.3. The van der Waals surface area contributed by atoms with Gasteiger partial charge >= 0.3 is 5.97 Å². The third-order valence-corrected chi connectivity index (χ3v) is 3.87. The van der Waals surface area contributed by atoms with Crippen molar-refractivity contribution < 1.29 is 19.1 Å². The number of carboxylic acid groups (broad SMARTS) is 1. The summed E-state index contributed by atoms with van der Waals surface area (Å²) < 4.78 is 5.27. The molecule has 2 atom stereocenters. The van der Waals surface area contributed by atoms with Gasteiger partial charge in [-0.2, -0.15) is 0 Å². The average Bonchev–Trinajstić information content (AvgIpc) is 2.89. The summed E-state index contributed by atoms with van der Waals surface area (Å²) in [6.07, 6.45) is 3.55. The maximum Gasteiger partial charge on any atom is 0.306 e. The highest BCUT2D eigenvalue weighted by Gasteiger charge is 2.47. The van der Waals surface area contributed by atoms with Gasteiger partial charge in [-0.15, -0.1) is 0 Å². The number of carbonyl (C=O) groups is 2. The van der Waals surface area contributed by atoms with Crippen LogP contribution < -0.4 is 5.32 Å². The van der Waals surface area contributed by atoms with Crippen LogP contribution in [0.3, 0.4) is 0 Å². The van der Waals surface area contributed by atoms with Gasteiger partial charge in [0.1, 0.15) is 5.76 Å². The molecule has 1 heterocycles. The van der Waals surface area contributed by atoms with Gasteiger partial charge in [0, 0.05) is 17.9 Å². The van der Waals surface area contributed by atoms with E-state index >= 15 is 0 Å². The molecule has 5 heteroatoms. The molecule has 0 aromatic carbocycles. The third kappa shape index (κ3) is 2.00.